The zero-order valence-corrected chi connectivity index (χ0v) is 15.8. The van der Waals surface area contributed by atoms with Crippen molar-refractivity contribution >= 4 is 12.2 Å². The molecule has 27 heavy (non-hydrogen) atoms. The minimum Gasteiger partial charge on any atom is -0.493 e. The van der Waals surface area contributed by atoms with Crippen molar-refractivity contribution < 1.29 is 14.3 Å². The first-order chi connectivity index (χ1) is 13.1. The zero-order chi connectivity index (χ0) is 19.1. The summed E-state index contributed by atoms with van der Waals surface area (Å²) in [7, 11) is 1.55. The first-order valence-electron chi connectivity index (χ1n) is 9.06. The molecular weight excluding hydrogens is 342 g/mol. The molecule has 0 unspecified atom stereocenters. The summed E-state index contributed by atoms with van der Waals surface area (Å²) in [5, 5.41) is 6.66. The van der Waals surface area contributed by atoms with E-state index in [1.165, 1.54) is 12.5 Å². The van der Waals surface area contributed by atoms with Crippen LogP contribution in [-0.4, -0.2) is 55.4 Å². The molecule has 0 aromatic heterocycles. The largest absolute Gasteiger partial charge is 0.493 e. The summed E-state index contributed by atoms with van der Waals surface area (Å²) in [5.74, 6) is 0.557. The van der Waals surface area contributed by atoms with Crippen molar-refractivity contribution in [2.24, 2.45) is 5.10 Å². The van der Waals surface area contributed by atoms with E-state index in [9.17, 15) is 4.79 Å². The van der Waals surface area contributed by atoms with Crippen LogP contribution in [0.5, 0.6) is 11.5 Å². The summed E-state index contributed by atoms with van der Waals surface area (Å²) in [6.07, 6.45) is 1.81. The molecule has 0 saturated carbocycles. The van der Waals surface area contributed by atoms with Crippen LogP contribution in [0.25, 0.3) is 0 Å². The van der Waals surface area contributed by atoms with Gasteiger partial charge in [-0.1, -0.05) is 30.3 Å². The third kappa shape index (κ3) is 5.56. The SMILES string of the molecule is COc1cc(C=NN2CCN(Cc3ccccc3)CC2)ccc1OC(C)=O. The standard InChI is InChI=1S/C21H25N3O3/c1-17(25)27-20-9-8-19(14-21(20)26-2)15-22-24-12-10-23(11-13-24)16-18-6-4-3-5-7-18/h3-9,14-15H,10-13,16H2,1-2H3. The fraction of sp³-hybridized carbons (Fsp3) is 0.333. The van der Waals surface area contributed by atoms with E-state index < -0.39 is 0 Å². The zero-order valence-electron chi connectivity index (χ0n) is 15.8. The maximum Gasteiger partial charge on any atom is 0.308 e. The van der Waals surface area contributed by atoms with E-state index in [0.717, 1.165) is 38.3 Å². The number of hydrazone groups is 1. The van der Waals surface area contributed by atoms with Crippen LogP contribution < -0.4 is 9.47 Å². The maximum atomic E-state index is 11.1. The Bertz CT molecular complexity index is 785. The van der Waals surface area contributed by atoms with Gasteiger partial charge in [0.1, 0.15) is 0 Å². The summed E-state index contributed by atoms with van der Waals surface area (Å²) < 4.78 is 10.4. The van der Waals surface area contributed by atoms with Crippen LogP contribution in [0.3, 0.4) is 0 Å². The normalized spacial score (nSPS) is 15.1. The predicted molar refractivity (Wildman–Crippen MR) is 105 cm³/mol. The van der Waals surface area contributed by atoms with Gasteiger partial charge in [0.25, 0.3) is 0 Å². The first kappa shape index (κ1) is 18.9. The number of benzene rings is 2. The molecule has 0 aliphatic carbocycles. The molecule has 1 heterocycles. The second-order valence-electron chi connectivity index (χ2n) is 6.46. The molecule has 6 heteroatoms. The second kappa shape index (κ2) is 9.19. The number of ether oxygens (including phenoxy) is 2. The van der Waals surface area contributed by atoms with Crippen molar-refractivity contribution in [1.82, 2.24) is 9.91 Å². The number of esters is 1. The maximum absolute atomic E-state index is 11.1. The van der Waals surface area contributed by atoms with Gasteiger partial charge in [-0.25, -0.2) is 0 Å². The Morgan fingerprint density at radius 2 is 1.81 bits per heavy atom. The predicted octanol–water partition coefficient (Wildman–Crippen LogP) is 2.77. The lowest BCUT2D eigenvalue weighted by Crippen LogP contribution is -2.43. The molecule has 2 aromatic rings. The summed E-state index contributed by atoms with van der Waals surface area (Å²) >= 11 is 0. The van der Waals surface area contributed by atoms with Crippen LogP contribution in [0.1, 0.15) is 18.1 Å². The summed E-state index contributed by atoms with van der Waals surface area (Å²) in [6, 6.07) is 15.9. The molecule has 0 amide bonds. The smallest absolute Gasteiger partial charge is 0.308 e. The van der Waals surface area contributed by atoms with Crippen molar-refractivity contribution in [2.75, 3.05) is 33.3 Å². The quantitative estimate of drug-likeness (QED) is 0.446. The van der Waals surface area contributed by atoms with Gasteiger partial charge in [-0.3, -0.25) is 14.7 Å². The Kier molecular flexibility index (Phi) is 6.44. The van der Waals surface area contributed by atoms with Crippen molar-refractivity contribution in [3.8, 4) is 11.5 Å². The second-order valence-corrected chi connectivity index (χ2v) is 6.46. The van der Waals surface area contributed by atoms with Crippen LogP contribution in [0.15, 0.2) is 53.6 Å². The molecule has 1 aliphatic rings. The molecule has 6 nitrogen and oxygen atoms in total. The number of carbonyl (C=O) groups is 1. The highest BCUT2D eigenvalue weighted by Crippen LogP contribution is 2.27. The number of nitrogens with zero attached hydrogens (tertiary/aromatic N) is 3. The Morgan fingerprint density at radius 3 is 2.48 bits per heavy atom. The molecule has 3 rings (SSSR count). The van der Waals surface area contributed by atoms with Crippen LogP contribution >= 0.6 is 0 Å². The Morgan fingerprint density at radius 1 is 1.07 bits per heavy atom. The third-order valence-corrected chi connectivity index (χ3v) is 4.41. The summed E-state index contributed by atoms with van der Waals surface area (Å²) in [5.41, 5.74) is 2.24. The summed E-state index contributed by atoms with van der Waals surface area (Å²) in [4.78, 5) is 13.6. The van der Waals surface area contributed by atoms with Gasteiger partial charge in [-0.15, -0.1) is 0 Å². The molecule has 1 fully saturated rings. The van der Waals surface area contributed by atoms with E-state index in [0.29, 0.717) is 11.5 Å². The van der Waals surface area contributed by atoms with Gasteiger partial charge < -0.3 is 9.47 Å². The average Bonchev–Trinajstić information content (AvgIpc) is 2.68. The molecule has 1 saturated heterocycles. The lowest BCUT2D eigenvalue weighted by atomic mass is 10.2. The molecule has 142 valence electrons. The number of hydrogen-bond acceptors (Lipinski definition) is 6. The van der Waals surface area contributed by atoms with Gasteiger partial charge in [0.15, 0.2) is 11.5 Å². The molecule has 0 N–H and O–H groups in total. The molecule has 2 aromatic carbocycles. The van der Waals surface area contributed by atoms with Gasteiger partial charge in [0.05, 0.1) is 13.3 Å². The van der Waals surface area contributed by atoms with Crippen molar-refractivity contribution in [1.29, 1.82) is 0 Å². The fourth-order valence-corrected chi connectivity index (χ4v) is 3.00. The van der Waals surface area contributed by atoms with E-state index in [1.807, 2.05) is 24.4 Å². The van der Waals surface area contributed by atoms with Crippen LogP contribution in [0.2, 0.25) is 0 Å². The highest BCUT2D eigenvalue weighted by Gasteiger charge is 2.15. The molecule has 0 atom stereocenters. The fourth-order valence-electron chi connectivity index (χ4n) is 3.00. The highest BCUT2D eigenvalue weighted by atomic mass is 16.6. The van der Waals surface area contributed by atoms with E-state index >= 15 is 0 Å². The van der Waals surface area contributed by atoms with Crippen molar-refractivity contribution in [2.45, 2.75) is 13.5 Å². The van der Waals surface area contributed by atoms with Crippen LogP contribution in [0, 0.1) is 0 Å². The van der Waals surface area contributed by atoms with E-state index in [4.69, 9.17) is 9.47 Å². The average molecular weight is 367 g/mol. The van der Waals surface area contributed by atoms with Gasteiger partial charge in [-0.05, 0) is 29.3 Å². The molecule has 0 spiro atoms. The van der Waals surface area contributed by atoms with Crippen LogP contribution in [0.4, 0.5) is 0 Å². The minimum atomic E-state index is -0.372. The molecule has 1 aliphatic heterocycles. The Hall–Kier alpha value is -2.86. The number of methoxy groups -OCH3 is 1. The van der Waals surface area contributed by atoms with E-state index in [1.54, 1.807) is 13.2 Å². The monoisotopic (exact) mass is 367 g/mol. The van der Waals surface area contributed by atoms with E-state index in [-0.39, 0.29) is 5.97 Å². The topological polar surface area (TPSA) is 54.4 Å². The number of piperazine rings is 1. The number of carbonyl (C=O) groups excluding carboxylic acids is 1. The number of hydrogen-bond donors (Lipinski definition) is 0. The van der Waals surface area contributed by atoms with Gasteiger partial charge in [-0.2, -0.15) is 5.10 Å². The van der Waals surface area contributed by atoms with Gasteiger partial charge in [0, 0.05) is 39.6 Å². The van der Waals surface area contributed by atoms with Crippen LogP contribution in [-0.2, 0) is 11.3 Å². The Labute approximate surface area is 160 Å². The molecule has 0 bridgehead atoms. The Balaban J connectivity index is 1.54. The lowest BCUT2D eigenvalue weighted by molar-refractivity contribution is -0.132. The molecule has 0 radical (unpaired) electrons. The van der Waals surface area contributed by atoms with E-state index in [2.05, 4.69) is 39.3 Å². The van der Waals surface area contributed by atoms with Crippen molar-refractivity contribution in [3.05, 3.63) is 59.7 Å². The third-order valence-electron chi connectivity index (χ3n) is 4.41. The first-order valence-corrected chi connectivity index (χ1v) is 9.06. The van der Waals surface area contributed by atoms with Gasteiger partial charge in [0.2, 0.25) is 0 Å². The van der Waals surface area contributed by atoms with Crippen molar-refractivity contribution in [3.63, 3.8) is 0 Å². The minimum absolute atomic E-state index is 0.372. The number of rotatable bonds is 6. The van der Waals surface area contributed by atoms with Gasteiger partial charge >= 0.3 is 5.97 Å². The lowest BCUT2D eigenvalue weighted by Gasteiger charge is -2.33. The highest BCUT2D eigenvalue weighted by molar-refractivity contribution is 5.81. The summed E-state index contributed by atoms with van der Waals surface area (Å²) in [6.45, 7) is 6.11. The molecular formula is C21H25N3O3.